The summed E-state index contributed by atoms with van der Waals surface area (Å²) in [4.78, 5) is 3.95. The molecule has 0 saturated heterocycles. The van der Waals surface area contributed by atoms with Crippen molar-refractivity contribution in [3.05, 3.63) is 88.5 Å². The fourth-order valence-corrected chi connectivity index (χ4v) is 5.74. The molecule has 0 fully saturated rings. The van der Waals surface area contributed by atoms with Crippen LogP contribution in [0.2, 0.25) is 0 Å². The van der Waals surface area contributed by atoms with Crippen LogP contribution in [0.3, 0.4) is 0 Å². The molecule has 2 aromatic carbocycles. The summed E-state index contributed by atoms with van der Waals surface area (Å²) in [5.41, 5.74) is 3.66. The Kier molecular flexibility index (Phi) is 6.40. The molecule has 0 bridgehead atoms. The summed E-state index contributed by atoms with van der Waals surface area (Å²) in [6.07, 6.45) is 2.25. The molecule has 1 aliphatic rings. The summed E-state index contributed by atoms with van der Waals surface area (Å²) < 4.78 is 66.9. The molecule has 1 aromatic heterocycles. The van der Waals surface area contributed by atoms with Crippen LogP contribution in [0.4, 0.5) is 13.2 Å². The number of sulfone groups is 1. The van der Waals surface area contributed by atoms with Crippen LogP contribution in [0.15, 0.2) is 55.1 Å². The molecule has 0 saturated carbocycles. The molecular formula is C25H27F3N2O2S. The van der Waals surface area contributed by atoms with Crippen molar-refractivity contribution in [1.82, 2.24) is 9.55 Å². The van der Waals surface area contributed by atoms with E-state index in [0.29, 0.717) is 30.5 Å². The van der Waals surface area contributed by atoms with Gasteiger partial charge in [-0.2, -0.15) is 13.2 Å². The zero-order valence-corrected chi connectivity index (χ0v) is 19.5. The maximum atomic E-state index is 13.5. The highest BCUT2D eigenvalue weighted by Crippen LogP contribution is 2.33. The number of rotatable bonds is 7. The average Bonchev–Trinajstić information content (AvgIpc) is 3.35. The minimum Gasteiger partial charge on any atom is -0.333 e. The topological polar surface area (TPSA) is 52.0 Å². The molecule has 1 atom stereocenters. The summed E-state index contributed by atoms with van der Waals surface area (Å²) in [5, 5.41) is -0.394. The Labute approximate surface area is 192 Å². The molecule has 33 heavy (non-hydrogen) atoms. The second kappa shape index (κ2) is 8.97. The SMILES string of the molecule is CC(C)S(=O)(=O)C[C@H]1Cc2ccc(Cc3cc(Cn4ccnc4)cc(C(F)(F)F)c3)cc2C1. The smallest absolute Gasteiger partial charge is 0.333 e. The third-order valence-electron chi connectivity index (χ3n) is 6.19. The van der Waals surface area contributed by atoms with Gasteiger partial charge in [0.15, 0.2) is 9.84 Å². The van der Waals surface area contributed by atoms with Crippen LogP contribution in [0.1, 0.15) is 47.2 Å². The van der Waals surface area contributed by atoms with Crippen molar-refractivity contribution in [2.45, 2.75) is 51.1 Å². The number of halogens is 3. The molecule has 4 nitrogen and oxygen atoms in total. The number of nitrogens with zero attached hydrogens (tertiary/aromatic N) is 2. The van der Waals surface area contributed by atoms with Gasteiger partial charge in [0.05, 0.1) is 22.9 Å². The van der Waals surface area contributed by atoms with Gasteiger partial charge in [0.2, 0.25) is 0 Å². The zero-order chi connectivity index (χ0) is 23.8. The van der Waals surface area contributed by atoms with Gasteiger partial charge in [-0.3, -0.25) is 0 Å². The fraction of sp³-hybridized carbons (Fsp3) is 0.400. The Morgan fingerprint density at radius 3 is 2.42 bits per heavy atom. The number of benzene rings is 2. The highest BCUT2D eigenvalue weighted by molar-refractivity contribution is 7.91. The molecular weight excluding hydrogens is 449 g/mol. The van der Waals surface area contributed by atoms with Crippen LogP contribution in [-0.4, -0.2) is 29.0 Å². The van der Waals surface area contributed by atoms with Crippen molar-refractivity contribution in [3.8, 4) is 0 Å². The largest absolute Gasteiger partial charge is 0.416 e. The Balaban J connectivity index is 1.55. The Morgan fingerprint density at radius 2 is 1.76 bits per heavy atom. The van der Waals surface area contributed by atoms with Crippen molar-refractivity contribution in [2.24, 2.45) is 5.92 Å². The number of hydrogen-bond acceptors (Lipinski definition) is 3. The first kappa shape index (κ1) is 23.5. The van der Waals surface area contributed by atoms with Gasteiger partial charge in [0.1, 0.15) is 0 Å². The Hall–Kier alpha value is -2.61. The number of imidazole rings is 1. The Bertz CT molecular complexity index is 1230. The van der Waals surface area contributed by atoms with E-state index in [-0.39, 0.29) is 11.7 Å². The van der Waals surface area contributed by atoms with E-state index >= 15 is 0 Å². The van der Waals surface area contributed by atoms with Gasteiger partial charge in [-0.25, -0.2) is 13.4 Å². The van der Waals surface area contributed by atoms with E-state index < -0.39 is 26.8 Å². The average molecular weight is 477 g/mol. The standard InChI is InChI=1S/C25H27F3N2O2S/c1-17(2)33(31,32)15-21-10-22-4-3-18(9-23(22)11-21)7-19-8-20(14-30-6-5-29-16-30)13-24(12-19)25(26,27)28/h3-6,8-9,12-13,16-17,21H,7,10-11,14-15H2,1-2H3/t21-/m0/s1. The molecule has 8 heteroatoms. The summed E-state index contributed by atoms with van der Waals surface area (Å²) in [6.45, 7) is 3.71. The van der Waals surface area contributed by atoms with Gasteiger partial charge in [-0.05, 0) is 79.0 Å². The van der Waals surface area contributed by atoms with E-state index in [1.54, 1.807) is 43.2 Å². The van der Waals surface area contributed by atoms with Gasteiger partial charge in [-0.1, -0.05) is 24.3 Å². The van der Waals surface area contributed by atoms with E-state index in [1.165, 1.54) is 12.1 Å². The monoisotopic (exact) mass is 476 g/mol. The van der Waals surface area contributed by atoms with Gasteiger partial charge in [0, 0.05) is 18.9 Å². The second-order valence-corrected chi connectivity index (χ2v) is 11.8. The predicted molar refractivity (Wildman–Crippen MR) is 122 cm³/mol. The van der Waals surface area contributed by atoms with Crippen molar-refractivity contribution in [2.75, 3.05) is 5.75 Å². The van der Waals surface area contributed by atoms with Crippen LogP contribution < -0.4 is 0 Å². The van der Waals surface area contributed by atoms with E-state index in [4.69, 9.17) is 0 Å². The van der Waals surface area contributed by atoms with Crippen LogP contribution in [0, 0.1) is 5.92 Å². The molecule has 0 amide bonds. The predicted octanol–water partition coefficient (Wildman–Crippen LogP) is 5.08. The third kappa shape index (κ3) is 5.66. The van der Waals surface area contributed by atoms with E-state index in [0.717, 1.165) is 23.1 Å². The molecule has 0 N–H and O–H groups in total. The van der Waals surface area contributed by atoms with Crippen molar-refractivity contribution in [3.63, 3.8) is 0 Å². The number of alkyl halides is 3. The quantitative estimate of drug-likeness (QED) is 0.478. The molecule has 176 valence electrons. The van der Waals surface area contributed by atoms with E-state index in [1.807, 2.05) is 18.2 Å². The van der Waals surface area contributed by atoms with Crippen LogP contribution in [0.5, 0.6) is 0 Å². The van der Waals surface area contributed by atoms with Crippen molar-refractivity contribution < 1.29 is 21.6 Å². The second-order valence-electron chi connectivity index (χ2n) is 9.20. The van der Waals surface area contributed by atoms with Crippen LogP contribution >= 0.6 is 0 Å². The minimum absolute atomic E-state index is 0.0537. The molecule has 4 rings (SSSR count). The summed E-state index contributed by atoms with van der Waals surface area (Å²) >= 11 is 0. The number of aromatic nitrogens is 2. The first-order valence-corrected chi connectivity index (χ1v) is 12.7. The van der Waals surface area contributed by atoms with Gasteiger partial charge in [-0.15, -0.1) is 0 Å². The normalized spacial score (nSPS) is 16.4. The van der Waals surface area contributed by atoms with Crippen molar-refractivity contribution in [1.29, 1.82) is 0 Å². The zero-order valence-electron chi connectivity index (χ0n) is 18.6. The maximum Gasteiger partial charge on any atom is 0.416 e. The highest BCUT2D eigenvalue weighted by Gasteiger charge is 2.31. The van der Waals surface area contributed by atoms with E-state index in [2.05, 4.69) is 4.98 Å². The lowest BCUT2D eigenvalue weighted by Crippen LogP contribution is -2.23. The van der Waals surface area contributed by atoms with E-state index in [9.17, 15) is 21.6 Å². The van der Waals surface area contributed by atoms with Gasteiger partial charge < -0.3 is 4.57 Å². The first-order valence-electron chi connectivity index (χ1n) is 11.0. The first-order chi connectivity index (χ1) is 15.5. The lowest BCUT2D eigenvalue weighted by molar-refractivity contribution is -0.137. The summed E-state index contributed by atoms with van der Waals surface area (Å²) in [5.74, 6) is 0.220. The molecule has 1 heterocycles. The van der Waals surface area contributed by atoms with Gasteiger partial charge in [0.25, 0.3) is 0 Å². The summed E-state index contributed by atoms with van der Waals surface area (Å²) in [6, 6.07) is 10.2. The lowest BCUT2D eigenvalue weighted by Gasteiger charge is -2.13. The van der Waals surface area contributed by atoms with Crippen LogP contribution in [0.25, 0.3) is 0 Å². The number of hydrogen-bond donors (Lipinski definition) is 0. The number of fused-ring (bicyclic) bond motifs is 1. The fourth-order valence-electron chi connectivity index (χ4n) is 4.46. The maximum absolute atomic E-state index is 13.5. The molecule has 0 aliphatic heterocycles. The van der Waals surface area contributed by atoms with Gasteiger partial charge >= 0.3 is 6.18 Å². The lowest BCUT2D eigenvalue weighted by atomic mass is 9.97. The molecule has 0 radical (unpaired) electrons. The molecule has 0 unspecified atom stereocenters. The minimum atomic E-state index is -4.42. The van der Waals surface area contributed by atoms with Crippen molar-refractivity contribution >= 4 is 9.84 Å². The Morgan fingerprint density at radius 1 is 1.03 bits per heavy atom. The van der Waals surface area contributed by atoms with Crippen LogP contribution in [-0.2, 0) is 41.8 Å². The third-order valence-corrected chi connectivity index (χ3v) is 8.56. The highest BCUT2D eigenvalue weighted by atomic mass is 32.2. The summed E-state index contributed by atoms with van der Waals surface area (Å²) in [7, 11) is -3.12. The molecule has 1 aliphatic carbocycles. The molecule has 3 aromatic rings. The molecule has 0 spiro atoms.